The molecule has 1 aliphatic rings. The highest BCUT2D eigenvalue weighted by Gasteiger charge is 2.30. The molecule has 0 unspecified atom stereocenters. The largest absolute Gasteiger partial charge is 0.486 e. The molecule has 8 heteroatoms. The van der Waals surface area contributed by atoms with Crippen LogP contribution in [0, 0.1) is 0 Å². The molecule has 0 fully saturated rings. The average Bonchev–Trinajstić information content (AvgIpc) is 2.53. The van der Waals surface area contributed by atoms with Gasteiger partial charge in [-0.2, -0.15) is 0 Å². The van der Waals surface area contributed by atoms with Crippen molar-refractivity contribution in [1.82, 2.24) is 5.32 Å². The van der Waals surface area contributed by atoms with Gasteiger partial charge in [0.25, 0.3) is 0 Å². The van der Waals surface area contributed by atoms with E-state index in [1.54, 1.807) is 25.1 Å². The molecule has 1 atom stereocenters. The molecular weight excluding hydrogens is 332 g/mol. The van der Waals surface area contributed by atoms with E-state index in [1.807, 2.05) is 6.92 Å². The van der Waals surface area contributed by atoms with Crippen molar-refractivity contribution in [2.75, 3.05) is 30.3 Å². The molecule has 0 aromatic heterocycles. The van der Waals surface area contributed by atoms with Crippen LogP contribution in [0.15, 0.2) is 18.2 Å². The Bertz CT molecular complexity index is 690. The number of carbonyl (C=O) groups is 1. The number of unbranched alkanes of at least 4 members (excludes halogenated alkanes) is 1. The number of nitrogens with zero attached hydrogens (tertiary/aromatic N) is 1. The Balaban J connectivity index is 2.27. The van der Waals surface area contributed by atoms with Gasteiger partial charge >= 0.3 is 0 Å². The Morgan fingerprint density at radius 3 is 2.58 bits per heavy atom. The summed E-state index contributed by atoms with van der Waals surface area (Å²) in [6.07, 6.45) is 2.88. The van der Waals surface area contributed by atoms with Gasteiger partial charge in [0.15, 0.2) is 11.5 Å². The van der Waals surface area contributed by atoms with Crippen LogP contribution in [-0.2, 0) is 14.8 Å². The quantitative estimate of drug-likeness (QED) is 0.749. The smallest absolute Gasteiger partial charge is 0.243 e. The molecule has 1 heterocycles. The van der Waals surface area contributed by atoms with Crippen molar-refractivity contribution < 1.29 is 22.7 Å². The zero-order valence-corrected chi connectivity index (χ0v) is 15.1. The molecule has 1 N–H and O–H groups in total. The summed E-state index contributed by atoms with van der Waals surface area (Å²) in [4.78, 5) is 12.3. The first-order valence-corrected chi connectivity index (χ1v) is 9.86. The summed E-state index contributed by atoms with van der Waals surface area (Å²) in [6.45, 7) is 4.98. The molecule has 24 heavy (non-hydrogen) atoms. The van der Waals surface area contributed by atoms with Crippen LogP contribution < -0.4 is 19.1 Å². The Morgan fingerprint density at radius 1 is 1.29 bits per heavy atom. The van der Waals surface area contributed by atoms with Crippen molar-refractivity contribution in [2.45, 2.75) is 32.7 Å². The van der Waals surface area contributed by atoms with E-state index >= 15 is 0 Å². The highest BCUT2D eigenvalue weighted by molar-refractivity contribution is 7.92. The molecule has 134 valence electrons. The van der Waals surface area contributed by atoms with Gasteiger partial charge in [-0.3, -0.25) is 9.10 Å². The van der Waals surface area contributed by atoms with Gasteiger partial charge in [0, 0.05) is 12.6 Å². The van der Waals surface area contributed by atoms with E-state index in [0.717, 1.165) is 23.4 Å². The fourth-order valence-electron chi connectivity index (χ4n) is 2.51. The topological polar surface area (TPSA) is 84.9 Å². The zero-order valence-electron chi connectivity index (χ0n) is 14.2. The Morgan fingerprint density at radius 2 is 1.96 bits per heavy atom. The van der Waals surface area contributed by atoms with Gasteiger partial charge in [0.05, 0.1) is 11.9 Å². The first-order chi connectivity index (χ1) is 11.3. The molecule has 0 bridgehead atoms. The maximum absolute atomic E-state index is 12.3. The summed E-state index contributed by atoms with van der Waals surface area (Å²) < 4.78 is 36.5. The number of carbonyl (C=O) groups excluding carboxylic acids is 1. The lowest BCUT2D eigenvalue weighted by Gasteiger charge is -2.29. The standard InChI is InChI=1S/C16H24N2O5S/c1-4-5-8-17-16(19)12(2)18(24(3,20)21)13-6-7-14-15(11-13)23-10-9-22-14/h6-7,11-12H,4-5,8-10H2,1-3H3,(H,17,19)/t12-/m0/s1. The lowest BCUT2D eigenvalue weighted by atomic mass is 10.2. The second-order valence-corrected chi connectivity index (χ2v) is 7.57. The fourth-order valence-corrected chi connectivity index (χ4v) is 3.68. The van der Waals surface area contributed by atoms with Crippen LogP contribution in [0.3, 0.4) is 0 Å². The number of anilines is 1. The monoisotopic (exact) mass is 356 g/mol. The summed E-state index contributed by atoms with van der Waals surface area (Å²) in [5, 5.41) is 2.77. The molecule has 0 radical (unpaired) electrons. The maximum atomic E-state index is 12.3. The molecule has 1 amide bonds. The molecule has 2 rings (SSSR count). The highest BCUT2D eigenvalue weighted by atomic mass is 32.2. The van der Waals surface area contributed by atoms with Crippen molar-refractivity contribution >= 4 is 21.6 Å². The zero-order chi connectivity index (χ0) is 17.7. The van der Waals surface area contributed by atoms with Crippen LogP contribution in [0.5, 0.6) is 11.5 Å². The van der Waals surface area contributed by atoms with Gasteiger partial charge in [-0.25, -0.2) is 8.42 Å². The van der Waals surface area contributed by atoms with Gasteiger partial charge in [0.1, 0.15) is 19.3 Å². The van der Waals surface area contributed by atoms with E-state index < -0.39 is 16.1 Å². The number of hydrogen-bond donors (Lipinski definition) is 1. The van der Waals surface area contributed by atoms with Gasteiger partial charge in [-0.05, 0) is 25.5 Å². The van der Waals surface area contributed by atoms with E-state index in [1.165, 1.54) is 0 Å². The number of fused-ring (bicyclic) bond motifs is 1. The lowest BCUT2D eigenvalue weighted by Crippen LogP contribution is -2.48. The van der Waals surface area contributed by atoms with E-state index in [2.05, 4.69) is 5.32 Å². The first-order valence-electron chi connectivity index (χ1n) is 8.01. The Hall–Kier alpha value is -1.96. The van der Waals surface area contributed by atoms with E-state index in [4.69, 9.17) is 9.47 Å². The van der Waals surface area contributed by atoms with Crippen molar-refractivity contribution in [3.63, 3.8) is 0 Å². The number of benzene rings is 1. The number of nitrogens with one attached hydrogen (secondary N) is 1. The third kappa shape index (κ3) is 4.31. The lowest BCUT2D eigenvalue weighted by molar-refractivity contribution is -0.121. The molecule has 1 aliphatic heterocycles. The molecule has 0 saturated heterocycles. The van der Waals surface area contributed by atoms with Crippen molar-refractivity contribution in [3.8, 4) is 11.5 Å². The molecule has 1 aromatic rings. The average molecular weight is 356 g/mol. The van der Waals surface area contributed by atoms with Crippen LogP contribution in [0.2, 0.25) is 0 Å². The summed E-state index contributed by atoms with van der Waals surface area (Å²) in [7, 11) is -3.64. The highest BCUT2D eigenvalue weighted by Crippen LogP contribution is 2.35. The van der Waals surface area contributed by atoms with Crippen molar-refractivity contribution in [2.24, 2.45) is 0 Å². The predicted octanol–water partition coefficient (Wildman–Crippen LogP) is 1.53. The van der Waals surface area contributed by atoms with Gasteiger partial charge < -0.3 is 14.8 Å². The van der Waals surface area contributed by atoms with Crippen LogP contribution in [0.4, 0.5) is 5.69 Å². The van der Waals surface area contributed by atoms with E-state index in [-0.39, 0.29) is 5.91 Å². The SMILES string of the molecule is CCCCNC(=O)[C@H](C)N(c1ccc2c(c1)OCCO2)S(C)(=O)=O. The number of sulfonamides is 1. The molecule has 1 aromatic carbocycles. The summed E-state index contributed by atoms with van der Waals surface area (Å²) in [6, 6.07) is 4.00. The molecule has 0 spiro atoms. The van der Waals surface area contributed by atoms with Crippen molar-refractivity contribution in [1.29, 1.82) is 0 Å². The molecular formula is C16H24N2O5S. The third-order valence-corrected chi connectivity index (χ3v) is 4.94. The minimum absolute atomic E-state index is 0.330. The molecule has 0 saturated carbocycles. The number of ether oxygens (including phenoxy) is 2. The van der Waals surface area contributed by atoms with E-state index in [9.17, 15) is 13.2 Å². The minimum atomic E-state index is -3.64. The first kappa shape index (κ1) is 18.4. The maximum Gasteiger partial charge on any atom is 0.243 e. The Kier molecular flexibility index (Phi) is 5.93. The van der Waals surface area contributed by atoms with Crippen LogP contribution >= 0.6 is 0 Å². The van der Waals surface area contributed by atoms with Gasteiger partial charge in [-0.1, -0.05) is 13.3 Å². The summed E-state index contributed by atoms with van der Waals surface area (Å²) in [5.41, 5.74) is 0.375. The summed E-state index contributed by atoms with van der Waals surface area (Å²) in [5.74, 6) is 0.716. The Labute approximate surface area is 143 Å². The van der Waals surface area contributed by atoms with Crippen molar-refractivity contribution in [3.05, 3.63) is 18.2 Å². The van der Waals surface area contributed by atoms with Crippen LogP contribution in [0.1, 0.15) is 26.7 Å². The van der Waals surface area contributed by atoms with E-state index in [0.29, 0.717) is 36.9 Å². The third-order valence-electron chi connectivity index (χ3n) is 3.70. The second kappa shape index (κ2) is 7.74. The minimum Gasteiger partial charge on any atom is -0.486 e. The fraction of sp³-hybridized carbons (Fsp3) is 0.562. The number of rotatable bonds is 7. The number of hydrogen-bond acceptors (Lipinski definition) is 5. The van der Waals surface area contributed by atoms with Crippen LogP contribution in [-0.4, -0.2) is 46.4 Å². The van der Waals surface area contributed by atoms with Gasteiger partial charge in [-0.15, -0.1) is 0 Å². The second-order valence-electron chi connectivity index (χ2n) is 5.71. The number of amides is 1. The summed E-state index contributed by atoms with van der Waals surface area (Å²) >= 11 is 0. The van der Waals surface area contributed by atoms with Gasteiger partial charge in [0.2, 0.25) is 15.9 Å². The molecule has 7 nitrogen and oxygen atoms in total. The molecule has 0 aliphatic carbocycles. The van der Waals surface area contributed by atoms with Crippen LogP contribution in [0.25, 0.3) is 0 Å². The normalized spacial score (nSPS) is 14.8. The predicted molar refractivity (Wildman–Crippen MR) is 92.1 cm³/mol.